The number of halogens is 1. The molecule has 2 aromatic carbocycles. The minimum absolute atomic E-state index is 0.0114. The molecule has 0 aliphatic carbocycles. The lowest BCUT2D eigenvalue weighted by Gasteiger charge is -2.22. The lowest BCUT2D eigenvalue weighted by Crippen LogP contribution is -2.44. The lowest BCUT2D eigenvalue weighted by atomic mass is 10.2. The van der Waals surface area contributed by atoms with E-state index in [0.717, 1.165) is 0 Å². The van der Waals surface area contributed by atoms with Crippen molar-refractivity contribution in [3.05, 3.63) is 53.1 Å². The van der Waals surface area contributed by atoms with Gasteiger partial charge in [-0.15, -0.1) is 0 Å². The highest BCUT2D eigenvalue weighted by Gasteiger charge is 2.39. The van der Waals surface area contributed by atoms with Gasteiger partial charge in [-0.1, -0.05) is 11.6 Å². The van der Waals surface area contributed by atoms with Crippen LogP contribution in [-0.4, -0.2) is 49.6 Å². The monoisotopic (exact) mass is 437 g/mol. The van der Waals surface area contributed by atoms with Crippen LogP contribution in [-0.2, 0) is 14.8 Å². The van der Waals surface area contributed by atoms with Gasteiger partial charge >= 0.3 is 0 Å². The number of carbonyl (C=O) groups excluding carboxylic acids is 1. The number of nitrogens with zero attached hydrogens (tertiary/aromatic N) is 2. The zero-order valence-electron chi connectivity index (χ0n) is 15.6. The van der Waals surface area contributed by atoms with Gasteiger partial charge < -0.3 is 9.84 Å². The van der Waals surface area contributed by atoms with E-state index in [2.05, 4.69) is 10.5 Å². The predicted molar refractivity (Wildman–Crippen MR) is 109 cm³/mol. The molecule has 29 heavy (non-hydrogen) atoms. The summed E-state index contributed by atoms with van der Waals surface area (Å²) in [4.78, 5) is 12.6. The van der Waals surface area contributed by atoms with E-state index in [1.54, 1.807) is 12.1 Å². The number of ether oxygens (including phenoxy) is 1. The fourth-order valence-corrected chi connectivity index (χ4v) is 4.83. The number of amides is 1. The summed E-state index contributed by atoms with van der Waals surface area (Å²) in [6.07, 6.45) is 2.36. The predicted octanol–water partition coefficient (Wildman–Crippen LogP) is 2.36. The summed E-state index contributed by atoms with van der Waals surface area (Å²) in [6, 6.07) is 9.58. The highest BCUT2D eigenvalue weighted by Crippen LogP contribution is 2.27. The van der Waals surface area contributed by atoms with Crippen LogP contribution in [0.25, 0.3) is 0 Å². The third-order valence-electron chi connectivity index (χ3n) is 4.52. The maximum absolute atomic E-state index is 12.9. The summed E-state index contributed by atoms with van der Waals surface area (Å²) >= 11 is 5.83. The Morgan fingerprint density at radius 3 is 2.72 bits per heavy atom. The summed E-state index contributed by atoms with van der Waals surface area (Å²) in [5.74, 6) is -0.249. The molecule has 2 N–H and O–H groups in total. The van der Waals surface area contributed by atoms with Crippen molar-refractivity contribution in [2.24, 2.45) is 5.10 Å². The largest absolute Gasteiger partial charge is 0.504 e. The second-order valence-corrected chi connectivity index (χ2v) is 8.72. The van der Waals surface area contributed by atoms with Gasteiger partial charge in [-0.2, -0.15) is 9.41 Å². The number of rotatable bonds is 6. The molecule has 1 aliphatic heterocycles. The van der Waals surface area contributed by atoms with Gasteiger partial charge in [0.2, 0.25) is 10.0 Å². The third kappa shape index (κ3) is 4.69. The number of nitrogens with one attached hydrogen (secondary N) is 1. The molecule has 1 saturated heterocycles. The van der Waals surface area contributed by atoms with Crippen LogP contribution >= 0.6 is 11.6 Å². The number of methoxy groups -OCH3 is 1. The summed E-state index contributed by atoms with van der Waals surface area (Å²) in [5.41, 5.74) is 2.98. The van der Waals surface area contributed by atoms with Crippen LogP contribution in [0.5, 0.6) is 11.5 Å². The van der Waals surface area contributed by atoms with Crippen LogP contribution in [0.1, 0.15) is 18.4 Å². The Morgan fingerprint density at radius 1 is 1.31 bits per heavy atom. The van der Waals surface area contributed by atoms with Crippen molar-refractivity contribution < 1.29 is 23.1 Å². The average molecular weight is 438 g/mol. The number of sulfonamides is 1. The molecular formula is C19H20ClN3O5S. The van der Waals surface area contributed by atoms with Crippen LogP contribution < -0.4 is 10.2 Å². The second-order valence-electron chi connectivity index (χ2n) is 6.39. The van der Waals surface area contributed by atoms with Crippen LogP contribution in [0.4, 0.5) is 0 Å². The van der Waals surface area contributed by atoms with E-state index in [4.69, 9.17) is 16.3 Å². The van der Waals surface area contributed by atoms with Crippen molar-refractivity contribution >= 4 is 33.7 Å². The van der Waals surface area contributed by atoms with Gasteiger partial charge in [0.1, 0.15) is 6.04 Å². The number of hydrogen-bond acceptors (Lipinski definition) is 6. The summed E-state index contributed by atoms with van der Waals surface area (Å²) < 4.78 is 32.0. The fourth-order valence-electron chi connectivity index (χ4n) is 3.05. The van der Waals surface area contributed by atoms with Crippen LogP contribution in [0, 0.1) is 0 Å². The number of hydrogen-bond donors (Lipinski definition) is 2. The Kier molecular flexibility index (Phi) is 6.41. The van der Waals surface area contributed by atoms with Crippen molar-refractivity contribution in [2.75, 3.05) is 13.7 Å². The number of carbonyl (C=O) groups is 1. The minimum Gasteiger partial charge on any atom is -0.504 e. The van der Waals surface area contributed by atoms with Gasteiger partial charge in [-0.25, -0.2) is 13.8 Å². The number of phenolic OH excluding ortho intramolecular Hbond substituents is 1. The second kappa shape index (κ2) is 8.81. The smallest absolute Gasteiger partial charge is 0.258 e. The standard InChI is InChI=1S/C19H20ClN3O5S/c1-28-18-11-13(4-9-17(18)24)12-21-22-19(25)16-3-2-10-23(16)29(26,27)15-7-5-14(20)6-8-15/h4-9,11-12,16,24H,2-3,10H2,1H3,(H,22,25)/b21-12+/t16-/m1/s1. The molecular weight excluding hydrogens is 418 g/mol. The van der Waals surface area contributed by atoms with E-state index in [1.165, 1.54) is 48.0 Å². The molecule has 1 amide bonds. The third-order valence-corrected chi connectivity index (χ3v) is 6.69. The SMILES string of the molecule is COc1cc(/C=N/NC(=O)[C@H]2CCCN2S(=O)(=O)c2ccc(Cl)cc2)ccc1O. The fraction of sp³-hybridized carbons (Fsp3) is 0.263. The van der Waals surface area contributed by atoms with Crippen LogP contribution in [0.15, 0.2) is 52.5 Å². The number of aromatic hydroxyl groups is 1. The molecule has 2 aromatic rings. The van der Waals surface area contributed by atoms with Crippen molar-refractivity contribution in [1.82, 2.24) is 9.73 Å². The number of benzene rings is 2. The van der Waals surface area contributed by atoms with Crippen molar-refractivity contribution in [1.29, 1.82) is 0 Å². The van der Waals surface area contributed by atoms with Gasteiger partial charge in [-0.05, 0) is 60.9 Å². The molecule has 8 nitrogen and oxygen atoms in total. The normalized spacial score (nSPS) is 17.5. The Morgan fingerprint density at radius 2 is 2.03 bits per heavy atom. The van der Waals surface area contributed by atoms with E-state index >= 15 is 0 Å². The molecule has 0 saturated carbocycles. The molecule has 1 fully saturated rings. The molecule has 10 heteroatoms. The van der Waals surface area contributed by atoms with Crippen molar-refractivity contribution in [2.45, 2.75) is 23.8 Å². The molecule has 0 unspecified atom stereocenters. The van der Waals surface area contributed by atoms with E-state index in [9.17, 15) is 18.3 Å². The molecule has 0 radical (unpaired) electrons. The summed E-state index contributed by atoms with van der Waals surface area (Å²) in [7, 11) is -2.40. The quantitative estimate of drug-likeness (QED) is 0.532. The Balaban J connectivity index is 1.71. The highest BCUT2D eigenvalue weighted by atomic mass is 35.5. The summed E-state index contributed by atoms with van der Waals surface area (Å²) in [6.45, 7) is 0.252. The maximum atomic E-state index is 12.9. The molecule has 1 heterocycles. The first-order valence-electron chi connectivity index (χ1n) is 8.80. The van der Waals surface area contributed by atoms with Crippen molar-refractivity contribution in [3.63, 3.8) is 0 Å². The van der Waals surface area contributed by atoms with Gasteiger partial charge in [-0.3, -0.25) is 4.79 Å². The van der Waals surface area contributed by atoms with Crippen LogP contribution in [0.3, 0.4) is 0 Å². The molecule has 0 bridgehead atoms. The number of phenols is 1. The average Bonchev–Trinajstić information content (AvgIpc) is 3.20. The van der Waals surface area contributed by atoms with Gasteiger partial charge in [0.25, 0.3) is 5.91 Å². The Hall–Kier alpha value is -2.62. The highest BCUT2D eigenvalue weighted by molar-refractivity contribution is 7.89. The van der Waals surface area contributed by atoms with Crippen molar-refractivity contribution in [3.8, 4) is 11.5 Å². The first-order valence-corrected chi connectivity index (χ1v) is 10.6. The zero-order valence-corrected chi connectivity index (χ0v) is 17.2. The van der Waals surface area contributed by atoms with E-state index < -0.39 is 22.0 Å². The Labute approximate surface area is 173 Å². The molecule has 0 aromatic heterocycles. The zero-order chi connectivity index (χ0) is 21.0. The van der Waals surface area contributed by atoms with E-state index in [1.807, 2.05) is 0 Å². The molecule has 1 aliphatic rings. The molecule has 1 atom stereocenters. The lowest BCUT2D eigenvalue weighted by molar-refractivity contribution is -0.124. The van der Waals surface area contributed by atoms with Gasteiger partial charge in [0.15, 0.2) is 11.5 Å². The summed E-state index contributed by atoms with van der Waals surface area (Å²) in [5, 5.41) is 13.9. The first-order chi connectivity index (χ1) is 13.8. The maximum Gasteiger partial charge on any atom is 0.258 e. The minimum atomic E-state index is -3.82. The van der Waals surface area contributed by atoms with Gasteiger partial charge in [0.05, 0.1) is 18.2 Å². The first kappa shape index (κ1) is 21.1. The van der Waals surface area contributed by atoms with Crippen LogP contribution in [0.2, 0.25) is 5.02 Å². The number of hydrazone groups is 1. The molecule has 154 valence electrons. The Bertz CT molecular complexity index is 1020. The van der Waals surface area contributed by atoms with Gasteiger partial charge in [0, 0.05) is 11.6 Å². The molecule has 0 spiro atoms. The topological polar surface area (TPSA) is 108 Å². The van der Waals surface area contributed by atoms with E-state index in [-0.39, 0.29) is 22.9 Å². The molecule has 3 rings (SSSR count). The van der Waals surface area contributed by atoms with E-state index in [0.29, 0.717) is 23.4 Å².